The monoisotopic (exact) mass is 472 g/mol. The predicted molar refractivity (Wildman–Crippen MR) is 142 cm³/mol. The lowest BCUT2D eigenvalue weighted by molar-refractivity contribution is -0.384. The van der Waals surface area contributed by atoms with Crippen molar-refractivity contribution in [1.82, 2.24) is 5.43 Å². The van der Waals surface area contributed by atoms with Crippen molar-refractivity contribution in [2.75, 3.05) is 0 Å². The molecule has 0 spiro atoms. The first-order valence-electron chi connectivity index (χ1n) is 11.4. The third-order valence-electron chi connectivity index (χ3n) is 5.48. The van der Waals surface area contributed by atoms with Gasteiger partial charge < -0.3 is 5.11 Å². The number of nitro groups is 1. The second-order valence-corrected chi connectivity index (χ2v) is 10.4. The molecular formula is C28H32N4O3. The molecule has 0 aliphatic carbocycles. The molecule has 0 aliphatic rings. The number of nitro benzene ring substituents is 1. The van der Waals surface area contributed by atoms with Gasteiger partial charge in [-0.1, -0.05) is 59.7 Å². The number of aliphatic imine (C=N–C) groups is 1. The predicted octanol–water partition coefficient (Wildman–Crippen LogP) is 6.60. The number of benzene rings is 3. The van der Waals surface area contributed by atoms with E-state index in [1.807, 2.05) is 42.5 Å². The molecule has 7 heteroatoms. The number of amidine groups is 1. The van der Waals surface area contributed by atoms with Crippen LogP contribution in [0.1, 0.15) is 63.8 Å². The summed E-state index contributed by atoms with van der Waals surface area (Å²) in [6.07, 6.45) is 1.58. The van der Waals surface area contributed by atoms with Crippen molar-refractivity contribution in [2.45, 2.75) is 52.4 Å². The van der Waals surface area contributed by atoms with Gasteiger partial charge >= 0.3 is 0 Å². The number of rotatable bonds is 5. The zero-order valence-electron chi connectivity index (χ0n) is 21.0. The number of nitrogens with zero attached hydrogens (tertiary/aromatic N) is 3. The number of phenols is 1. The molecule has 3 aromatic rings. The minimum atomic E-state index is -0.436. The Morgan fingerprint density at radius 2 is 1.46 bits per heavy atom. The highest BCUT2D eigenvalue weighted by molar-refractivity contribution is 6.01. The van der Waals surface area contributed by atoms with Crippen molar-refractivity contribution in [2.24, 2.45) is 10.1 Å². The standard InChI is InChI=1S/C28H32N4O3/c1-27(2,3)23-16-20(17-24(25(23)33)28(4,5)6)26(30-21-10-8-7-9-11-21)31-29-18-19-12-14-22(15-13-19)32(34)35/h7-18,33H,1-6H3,(H,30,31). The summed E-state index contributed by atoms with van der Waals surface area (Å²) in [6, 6.07) is 19.6. The molecule has 0 radical (unpaired) electrons. The Hall–Kier alpha value is -4.00. The first-order valence-corrected chi connectivity index (χ1v) is 11.4. The molecule has 0 bridgehead atoms. The Morgan fingerprint density at radius 1 is 0.914 bits per heavy atom. The summed E-state index contributed by atoms with van der Waals surface area (Å²) in [7, 11) is 0. The van der Waals surface area contributed by atoms with Crippen LogP contribution >= 0.6 is 0 Å². The maximum Gasteiger partial charge on any atom is 0.269 e. The van der Waals surface area contributed by atoms with Crippen molar-refractivity contribution in [3.05, 3.63) is 99.1 Å². The van der Waals surface area contributed by atoms with Crippen molar-refractivity contribution in [3.63, 3.8) is 0 Å². The third-order valence-corrected chi connectivity index (χ3v) is 5.48. The van der Waals surface area contributed by atoms with Crippen LogP contribution < -0.4 is 5.43 Å². The fourth-order valence-electron chi connectivity index (χ4n) is 3.55. The lowest BCUT2D eigenvalue weighted by Gasteiger charge is -2.28. The second-order valence-electron chi connectivity index (χ2n) is 10.4. The molecule has 0 atom stereocenters. The Labute approximate surface area is 206 Å². The highest BCUT2D eigenvalue weighted by Crippen LogP contribution is 2.40. The Balaban J connectivity index is 2.08. The number of aromatic hydroxyl groups is 1. The molecule has 2 N–H and O–H groups in total. The van der Waals surface area contributed by atoms with E-state index in [1.165, 1.54) is 12.1 Å². The summed E-state index contributed by atoms with van der Waals surface area (Å²) >= 11 is 0. The van der Waals surface area contributed by atoms with Gasteiger partial charge in [0.25, 0.3) is 5.69 Å². The molecule has 0 saturated carbocycles. The van der Waals surface area contributed by atoms with Crippen LogP contribution in [0.3, 0.4) is 0 Å². The largest absolute Gasteiger partial charge is 0.507 e. The molecule has 0 fully saturated rings. The van der Waals surface area contributed by atoms with Gasteiger partial charge in [-0.15, -0.1) is 0 Å². The van der Waals surface area contributed by atoms with Crippen molar-refractivity contribution < 1.29 is 10.0 Å². The maximum absolute atomic E-state index is 11.1. The van der Waals surface area contributed by atoms with Crippen LogP contribution in [0.25, 0.3) is 0 Å². The van der Waals surface area contributed by atoms with E-state index in [2.05, 4.69) is 52.1 Å². The summed E-state index contributed by atoms with van der Waals surface area (Å²) in [4.78, 5) is 15.2. The van der Waals surface area contributed by atoms with Gasteiger partial charge in [-0.3, -0.25) is 15.5 Å². The first-order chi connectivity index (χ1) is 16.4. The van der Waals surface area contributed by atoms with Gasteiger partial charge in [0, 0.05) is 28.8 Å². The summed E-state index contributed by atoms with van der Waals surface area (Å²) in [5.41, 5.74) is 6.39. The fourth-order valence-corrected chi connectivity index (χ4v) is 3.55. The smallest absolute Gasteiger partial charge is 0.269 e. The maximum atomic E-state index is 11.1. The highest BCUT2D eigenvalue weighted by Gasteiger charge is 2.27. The molecule has 0 heterocycles. The summed E-state index contributed by atoms with van der Waals surface area (Å²) in [5.74, 6) is 0.813. The molecule has 182 valence electrons. The van der Waals surface area contributed by atoms with Gasteiger partial charge in [0.15, 0.2) is 5.84 Å². The molecule has 7 nitrogen and oxygen atoms in total. The molecule has 0 unspecified atom stereocenters. The van der Waals surface area contributed by atoms with E-state index in [1.54, 1.807) is 18.3 Å². The first kappa shape index (κ1) is 25.6. The number of hydrogen-bond acceptors (Lipinski definition) is 5. The summed E-state index contributed by atoms with van der Waals surface area (Å²) < 4.78 is 0. The van der Waals surface area contributed by atoms with Crippen LogP contribution in [0.4, 0.5) is 11.4 Å². The average molecular weight is 473 g/mol. The van der Waals surface area contributed by atoms with E-state index in [-0.39, 0.29) is 16.5 Å². The van der Waals surface area contributed by atoms with Crippen LogP contribution in [0.15, 0.2) is 76.8 Å². The van der Waals surface area contributed by atoms with Crippen LogP contribution in [0, 0.1) is 10.1 Å². The number of nitrogens with one attached hydrogen (secondary N) is 1. The highest BCUT2D eigenvalue weighted by atomic mass is 16.6. The zero-order chi connectivity index (χ0) is 25.8. The van der Waals surface area contributed by atoms with E-state index in [9.17, 15) is 15.2 Å². The van der Waals surface area contributed by atoms with Crippen LogP contribution in [-0.2, 0) is 10.8 Å². The number of para-hydroxylation sites is 1. The van der Waals surface area contributed by atoms with Gasteiger partial charge in [0.2, 0.25) is 0 Å². The summed E-state index contributed by atoms with van der Waals surface area (Å²) in [6.45, 7) is 12.4. The Bertz CT molecular complexity index is 1220. The van der Waals surface area contributed by atoms with E-state index >= 15 is 0 Å². The number of phenolic OH excluding ortho intramolecular Hbond substituents is 1. The van der Waals surface area contributed by atoms with Gasteiger partial charge in [-0.2, -0.15) is 5.10 Å². The normalized spacial score (nSPS) is 12.7. The third kappa shape index (κ3) is 6.53. The van der Waals surface area contributed by atoms with E-state index in [4.69, 9.17) is 4.99 Å². The van der Waals surface area contributed by atoms with Crippen LogP contribution in [-0.4, -0.2) is 22.1 Å². The minimum Gasteiger partial charge on any atom is -0.507 e. The molecule has 3 rings (SSSR count). The lowest BCUT2D eigenvalue weighted by Crippen LogP contribution is -2.23. The van der Waals surface area contributed by atoms with Crippen LogP contribution in [0.2, 0.25) is 0 Å². The molecule has 35 heavy (non-hydrogen) atoms. The Morgan fingerprint density at radius 3 is 1.94 bits per heavy atom. The van der Waals surface area contributed by atoms with Crippen molar-refractivity contribution >= 4 is 23.4 Å². The molecular weight excluding hydrogens is 440 g/mol. The minimum absolute atomic E-state index is 0.0231. The molecule has 0 amide bonds. The molecule has 0 saturated heterocycles. The SMILES string of the molecule is CC(C)(C)c1cc(C(=Nc2ccccc2)NN=Cc2ccc([N+](=O)[O-])cc2)cc(C(C)(C)C)c1O. The number of hydrogen-bond donors (Lipinski definition) is 2. The molecule has 0 aliphatic heterocycles. The quantitative estimate of drug-likeness (QED) is 0.189. The van der Waals surface area contributed by atoms with E-state index in [0.29, 0.717) is 17.1 Å². The summed E-state index contributed by atoms with van der Waals surface area (Å²) in [5, 5.41) is 26.4. The van der Waals surface area contributed by atoms with Gasteiger partial charge in [-0.25, -0.2) is 4.99 Å². The molecule has 0 aromatic heterocycles. The topological polar surface area (TPSA) is 100 Å². The second kappa shape index (κ2) is 10.1. The van der Waals surface area contributed by atoms with Gasteiger partial charge in [0.05, 0.1) is 16.8 Å². The van der Waals surface area contributed by atoms with Gasteiger partial charge in [0.1, 0.15) is 5.75 Å². The fraction of sp³-hybridized carbons (Fsp3) is 0.286. The Kier molecular flexibility index (Phi) is 7.39. The average Bonchev–Trinajstić information content (AvgIpc) is 2.78. The van der Waals surface area contributed by atoms with Crippen molar-refractivity contribution in [1.29, 1.82) is 0 Å². The van der Waals surface area contributed by atoms with Crippen molar-refractivity contribution in [3.8, 4) is 5.75 Å². The van der Waals surface area contributed by atoms with E-state index in [0.717, 1.165) is 22.4 Å². The number of hydrazone groups is 1. The van der Waals surface area contributed by atoms with Crippen LogP contribution in [0.5, 0.6) is 5.75 Å². The number of non-ortho nitro benzene ring substituents is 1. The van der Waals surface area contributed by atoms with Gasteiger partial charge in [-0.05, 0) is 52.8 Å². The lowest BCUT2D eigenvalue weighted by atomic mass is 9.78. The zero-order valence-corrected chi connectivity index (χ0v) is 21.0. The van der Waals surface area contributed by atoms with E-state index < -0.39 is 4.92 Å². The molecule has 3 aromatic carbocycles.